The Bertz CT molecular complexity index is 581. The standard InChI is InChI=1S/C16H17Cl2NO/c1-10-4-2-5-11(8-10)12(9-19)16(20)15-13(17)6-3-7-14(15)18/h2-8,12,16,20H,9,19H2,1H3. The zero-order valence-corrected chi connectivity index (χ0v) is 12.7. The summed E-state index contributed by atoms with van der Waals surface area (Å²) in [5, 5.41) is 11.5. The fraction of sp³-hybridized carbons (Fsp3) is 0.250. The molecule has 0 spiro atoms. The van der Waals surface area contributed by atoms with Crippen molar-refractivity contribution in [2.75, 3.05) is 6.54 Å². The third kappa shape index (κ3) is 3.15. The van der Waals surface area contributed by atoms with Crippen LogP contribution in [0.3, 0.4) is 0 Å². The maximum Gasteiger partial charge on any atom is 0.0899 e. The normalized spacial score (nSPS) is 14.1. The number of nitrogens with two attached hydrogens (primary N) is 1. The van der Waals surface area contributed by atoms with E-state index in [-0.39, 0.29) is 5.92 Å². The first-order chi connectivity index (χ1) is 9.54. The molecule has 0 saturated carbocycles. The van der Waals surface area contributed by atoms with Crippen LogP contribution < -0.4 is 5.73 Å². The number of hydrogen-bond acceptors (Lipinski definition) is 2. The van der Waals surface area contributed by atoms with Crippen molar-refractivity contribution in [3.05, 3.63) is 69.2 Å². The molecular formula is C16H17Cl2NO. The van der Waals surface area contributed by atoms with Gasteiger partial charge in [-0.05, 0) is 24.6 Å². The summed E-state index contributed by atoms with van der Waals surface area (Å²) >= 11 is 12.3. The van der Waals surface area contributed by atoms with Crippen molar-refractivity contribution in [3.8, 4) is 0 Å². The van der Waals surface area contributed by atoms with Crippen LogP contribution >= 0.6 is 23.2 Å². The summed E-state index contributed by atoms with van der Waals surface area (Å²) in [5.74, 6) is -0.243. The van der Waals surface area contributed by atoms with Gasteiger partial charge in [0.25, 0.3) is 0 Å². The van der Waals surface area contributed by atoms with E-state index in [1.807, 2.05) is 31.2 Å². The van der Waals surface area contributed by atoms with E-state index in [0.717, 1.165) is 11.1 Å². The van der Waals surface area contributed by atoms with Crippen molar-refractivity contribution in [3.63, 3.8) is 0 Å². The summed E-state index contributed by atoms with van der Waals surface area (Å²) in [6.45, 7) is 2.32. The van der Waals surface area contributed by atoms with Crippen molar-refractivity contribution in [2.24, 2.45) is 5.73 Å². The highest BCUT2D eigenvalue weighted by molar-refractivity contribution is 6.36. The molecule has 2 nitrogen and oxygen atoms in total. The number of aryl methyl sites for hydroxylation is 1. The molecule has 2 rings (SSSR count). The van der Waals surface area contributed by atoms with Crippen molar-refractivity contribution >= 4 is 23.2 Å². The maximum absolute atomic E-state index is 10.6. The smallest absolute Gasteiger partial charge is 0.0899 e. The summed E-state index contributed by atoms with van der Waals surface area (Å²) < 4.78 is 0. The van der Waals surface area contributed by atoms with Crippen LogP contribution in [-0.4, -0.2) is 11.7 Å². The number of benzene rings is 2. The summed E-state index contributed by atoms with van der Waals surface area (Å²) in [4.78, 5) is 0. The molecule has 3 N–H and O–H groups in total. The van der Waals surface area contributed by atoms with Gasteiger partial charge in [-0.25, -0.2) is 0 Å². The molecule has 2 aromatic rings. The van der Waals surface area contributed by atoms with Gasteiger partial charge >= 0.3 is 0 Å². The van der Waals surface area contributed by atoms with Crippen LogP contribution in [0.25, 0.3) is 0 Å². The van der Waals surface area contributed by atoms with Gasteiger partial charge in [-0.3, -0.25) is 0 Å². The minimum atomic E-state index is -0.831. The number of rotatable bonds is 4. The van der Waals surface area contributed by atoms with Gasteiger partial charge in [0.05, 0.1) is 6.10 Å². The fourth-order valence-corrected chi connectivity index (χ4v) is 2.96. The van der Waals surface area contributed by atoms with Crippen LogP contribution in [0.1, 0.15) is 28.7 Å². The highest BCUT2D eigenvalue weighted by Gasteiger charge is 2.25. The molecule has 0 aromatic heterocycles. The topological polar surface area (TPSA) is 46.2 Å². The SMILES string of the molecule is Cc1cccc(C(CN)C(O)c2c(Cl)cccc2Cl)c1. The van der Waals surface area contributed by atoms with E-state index in [9.17, 15) is 5.11 Å². The quantitative estimate of drug-likeness (QED) is 0.894. The Hall–Kier alpha value is -1.06. The molecule has 0 heterocycles. The molecule has 0 aliphatic rings. The molecule has 0 saturated heterocycles. The molecule has 0 amide bonds. The Labute approximate surface area is 129 Å². The number of halogens is 2. The van der Waals surface area contributed by atoms with Gasteiger partial charge in [0.15, 0.2) is 0 Å². The van der Waals surface area contributed by atoms with Gasteiger partial charge in [0.2, 0.25) is 0 Å². The average molecular weight is 310 g/mol. The Balaban J connectivity index is 2.41. The van der Waals surface area contributed by atoms with E-state index in [4.69, 9.17) is 28.9 Å². The minimum absolute atomic E-state index is 0.243. The molecule has 0 aliphatic carbocycles. The van der Waals surface area contributed by atoms with Gasteiger partial charge < -0.3 is 10.8 Å². The molecule has 2 aromatic carbocycles. The minimum Gasteiger partial charge on any atom is -0.388 e. The van der Waals surface area contributed by atoms with Crippen LogP contribution in [0.4, 0.5) is 0 Å². The van der Waals surface area contributed by atoms with E-state index in [0.29, 0.717) is 22.2 Å². The number of aliphatic hydroxyl groups is 1. The molecule has 2 unspecified atom stereocenters. The second kappa shape index (κ2) is 6.59. The van der Waals surface area contributed by atoms with Crippen LogP contribution in [0.5, 0.6) is 0 Å². The predicted molar refractivity (Wildman–Crippen MR) is 84.4 cm³/mol. The molecule has 2 atom stereocenters. The monoisotopic (exact) mass is 309 g/mol. The summed E-state index contributed by atoms with van der Waals surface area (Å²) in [5.41, 5.74) is 8.49. The van der Waals surface area contributed by atoms with Crippen LogP contribution in [0, 0.1) is 6.92 Å². The van der Waals surface area contributed by atoms with Gasteiger partial charge in [-0.2, -0.15) is 0 Å². The highest BCUT2D eigenvalue weighted by atomic mass is 35.5. The molecule has 20 heavy (non-hydrogen) atoms. The molecule has 0 radical (unpaired) electrons. The van der Waals surface area contributed by atoms with Gasteiger partial charge in [0.1, 0.15) is 0 Å². The lowest BCUT2D eigenvalue weighted by Crippen LogP contribution is -2.20. The second-order valence-corrected chi connectivity index (χ2v) is 5.65. The molecule has 0 bridgehead atoms. The second-order valence-electron chi connectivity index (χ2n) is 4.84. The van der Waals surface area contributed by atoms with E-state index >= 15 is 0 Å². The summed E-state index contributed by atoms with van der Waals surface area (Å²) in [7, 11) is 0. The third-order valence-corrected chi connectivity index (χ3v) is 4.06. The molecular weight excluding hydrogens is 293 g/mol. The van der Waals surface area contributed by atoms with E-state index in [2.05, 4.69) is 0 Å². The first-order valence-corrected chi connectivity index (χ1v) is 7.18. The van der Waals surface area contributed by atoms with Crippen molar-refractivity contribution in [1.82, 2.24) is 0 Å². The van der Waals surface area contributed by atoms with Gasteiger partial charge in [-0.1, -0.05) is 59.1 Å². The number of hydrogen-bond donors (Lipinski definition) is 2. The van der Waals surface area contributed by atoms with Crippen LogP contribution in [-0.2, 0) is 0 Å². The Morgan fingerprint density at radius 3 is 2.25 bits per heavy atom. The lowest BCUT2D eigenvalue weighted by molar-refractivity contribution is 0.147. The van der Waals surface area contributed by atoms with Gasteiger partial charge in [-0.15, -0.1) is 0 Å². The molecule has 106 valence electrons. The van der Waals surface area contributed by atoms with Gasteiger partial charge in [0, 0.05) is 28.1 Å². The maximum atomic E-state index is 10.6. The van der Waals surface area contributed by atoms with Crippen molar-refractivity contribution < 1.29 is 5.11 Å². The van der Waals surface area contributed by atoms with Crippen molar-refractivity contribution in [1.29, 1.82) is 0 Å². The largest absolute Gasteiger partial charge is 0.388 e. The zero-order valence-electron chi connectivity index (χ0n) is 11.2. The lowest BCUT2D eigenvalue weighted by Gasteiger charge is -2.24. The van der Waals surface area contributed by atoms with E-state index in [1.54, 1.807) is 18.2 Å². The third-order valence-electron chi connectivity index (χ3n) is 3.40. The Kier molecular flexibility index (Phi) is 5.06. The molecule has 0 aliphatic heterocycles. The van der Waals surface area contributed by atoms with E-state index in [1.165, 1.54) is 0 Å². The molecule has 4 heteroatoms. The van der Waals surface area contributed by atoms with Crippen molar-refractivity contribution in [2.45, 2.75) is 18.9 Å². The van der Waals surface area contributed by atoms with Crippen LogP contribution in [0.15, 0.2) is 42.5 Å². The molecule has 0 fully saturated rings. The predicted octanol–water partition coefficient (Wildman–Crippen LogP) is 4.08. The summed E-state index contributed by atoms with van der Waals surface area (Å²) in [6.07, 6.45) is -0.831. The first-order valence-electron chi connectivity index (χ1n) is 6.43. The Morgan fingerprint density at radius 2 is 1.70 bits per heavy atom. The zero-order chi connectivity index (χ0) is 14.7. The number of aliphatic hydroxyl groups excluding tert-OH is 1. The Morgan fingerprint density at radius 1 is 1.10 bits per heavy atom. The average Bonchev–Trinajstić information content (AvgIpc) is 2.39. The lowest BCUT2D eigenvalue weighted by atomic mass is 9.88. The summed E-state index contributed by atoms with van der Waals surface area (Å²) in [6, 6.07) is 13.1. The fourth-order valence-electron chi connectivity index (χ4n) is 2.34. The van der Waals surface area contributed by atoms with E-state index < -0.39 is 6.10 Å². The first kappa shape index (κ1) is 15.3. The van der Waals surface area contributed by atoms with Crippen LogP contribution in [0.2, 0.25) is 10.0 Å². The highest BCUT2D eigenvalue weighted by Crippen LogP contribution is 2.38.